The Labute approximate surface area is 224 Å². The second-order valence-corrected chi connectivity index (χ2v) is 8.93. The zero-order valence-electron chi connectivity index (χ0n) is 20.9. The molecule has 1 aliphatic heterocycles. The minimum absolute atomic E-state index is 0.326. The Morgan fingerprint density at radius 3 is 2.55 bits per heavy atom. The number of para-hydroxylation sites is 2. The predicted molar refractivity (Wildman–Crippen MR) is 143 cm³/mol. The van der Waals surface area contributed by atoms with Crippen LogP contribution >= 0.6 is 11.6 Å². The zero-order chi connectivity index (χ0) is 26.6. The van der Waals surface area contributed by atoms with E-state index in [2.05, 4.69) is 26.2 Å². The molecule has 0 saturated heterocycles. The van der Waals surface area contributed by atoms with Crippen molar-refractivity contribution in [2.24, 2.45) is 0 Å². The van der Waals surface area contributed by atoms with Gasteiger partial charge in [0.2, 0.25) is 5.95 Å². The van der Waals surface area contributed by atoms with E-state index in [1.165, 1.54) is 0 Å². The van der Waals surface area contributed by atoms with Gasteiger partial charge in [-0.25, -0.2) is 0 Å². The molecule has 1 atom stereocenters. The zero-order valence-corrected chi connectivity index (χ0v) is 21.7. The molecule has 1 unspecified atom stereocenters. The highest BCUT2D eigenvalue weighted by atomic mass is 35.5. The number of benzene rings is 3. The number of hydrogen-bond acceptors (Lipinski definition) is 8. The van der Waals surface area contributed by atoms with Crippen LogP contribution in [0.5, 0.6) is 17.2 Å². The van der Waals surface area contributed by atoms with Gasteiger partial charge in [0.15, 0.2) is 11.5 Å². The predicted octanol–water partition coefficient (Wildman–Crippen LogP) is 4.85. The second-order valence-electron chi connectivity index (χ2n) is 8.49. The van der Waals surface area contributed by atoms with Crippen LogP contribution in [0.4, 0.5) is 11.6 Å². The van der Waals surface area contributed by atoms with E-state index in [1.54, 1.807) is 37.1 Å². The quantitative estimate of drug-likeness (QED) is 0.331. The lowest BCUT2D eigenvalue weighted by atomic mass is 9.94. The molecule has 2 heterocycles. The summed E-state index contributed by atoms with van der Waals surface area (Å²) in [5.41, 5.74) is 3.30. The SMILES string of the molecule is COc1ccccc1NC(=O)C1=C(C)Nc2nnnn2C1c1ccc(OCc2ccc(Cl)cc2)c(OC)c1. The molecule has 0 saturated carbocycles. The highest BCUT2D eigenvalue weighted by Gasteiger charge is 2.35. The number of allylic oxidation sites excluding steroid dienone is 1. The maximum absolute atomic E-state index is 13.7. The Hall–Kier alpha value is -4.57. The van der Waals surface area contributed by atoms with Crippen molar-refractivity contribution in [1.82, 2.24) is 20.2 Å². The van der Waals surface area contributed by atoms with Gasteiger partial charge in [-0.2, -0.15) is 4.68 Å². The third kappa shape index (κ3) is 4.98. The van der Waals surface area contributed by atoms with Gasteiger partial charge in [0.25, 0.3) is 5.91 Å². The van der Waals surface area contributed by atoms with Crippen LogP contribution < -0.4 is 24.8 Å². The van der Waals surface area contributed by atoms with E-state index in [0.29, 0.717) is 51.8 Å². The highest BCUT2D eigenvalue weighted by Crippen LogP contribution is 2.39. The number of amides is 1. The molecule has 10 nitrogen and oxygen atoms in total. The van der Waals surface area contributed by atoms with Gasteiger partial charge in [-0.05, 0) is 64.9 Å². The van der Waals surface area contributed by atoms with E-state index in [1.807, 2.05) is 55.5 Å². The number of fused-ring (bicyclic) bond motifs is 1. The summed E-state index contributed by atoms with van der Waals surface area (Å²) in [6.07, 6.45) is 0. The number of nitrogens with one attached hydrogen (secondary N) is 2. The van der Waals surface area contributed by atoms with E-state index >= 15 is 0 Å². The number of ether oxygens (including phenoxy) is 3. The lowest BCUT2D eigenvalue weighted by Crippen LogP contribution is -2.31. The summed E-state index contributed by atoms with van der Waals surface area (Å²) in [5, 5.41) is 18.8. The summed E-state index contributed by atoms with van der Waals surface area (Å²) >= 11 is 5.98. The number of aromatic nitrogens is 4. The molecule has 1 aliphatic rings. The van der Waals surface area contributed by atoms with Crippen LogP contribution in [-0.2, 0) is 11.4 Å². The monoisotopic (exact) mass is 532 g/mol. The smallest absolute Gasteiger partial charge is 0.255 e. The summed E-state index contributed by atoms with van der Waals surface area (Å²) < 4.78 is 18.6. The molecule has 0 spiro atoms. The van der Waals surface area contributed by atoms with Gasteiger partial charge in [0.1, 0.15) is 18.4 Å². The van der Waals surface area contributed by atoms with Gasteiger partial charge in [-0.3, -0.25) is 4.79 Å². The number of carbonyl (C=O) groups is 1. The van der Waals surface area contributed by atoms with Crippen molar-refractivity contribution in [3.05, 3.63) is 94.1 Å². The number of nitrogens with zero attached hydrogens (tertiary/aromatic N) is 4. The molecule has 194 valence electrons. The van der Waals surface area contributed by atoms with Gasteiger partial charge in [-0.1, -0.05) is 47.0 Å². The molecule has 5 rings (SSSR count). The van der Waals surface area contributed by atoms with Crippen LogP contribution in [0.15, 0.2) is 78.0 Å². The molecule has 1 amide bonds. The number of carbonyl (C=O) groups excluding carboxylic acids is 1. The van der Waals surface area contributed by atoms with E-state index in [9.17, 15) is 4.79 Å². The standard InChI is InChI=1S/C27H25ClN6O4/c1-16-24(26(35)30-20-6-4-5-7-21(20)36-2)25(34-27(29-16)31-32-33-34)18-10-13-22(23(14-18)37-3)38-15-17-8-11-19(28)12-9-17/h4-14,25H,15H2,1-3H3,(H,30,35)(H,29,31,33). The van der Waals surface area contributed by atoms with Crippen LogP contribution in [0.3, 0.4) is 0 Å². The molecule has 4 aromatic rings. The molecule has 0 bridgehead atoms. The number of hydrogen-bond donors (Lipinski definition) is 2. The Bertz CT molecular complexity index is 1500. The van der Waals surface area contributed by atoms with E-state index in [4.69, 9.17) is 25.8 Å². The van der Waals surface area contributed by atoms with Gasteiger partial charge >= 0.3 is 0 Å². The molecule has 2 N–H and O–H groups in total. The van der Waals surface area contributed by atoms with E-state index in [-0.39, 0.29) is 5.91 Å². The van der Waals surface area contributed by atoms with Crippen molar-refractivity contribution in [2.75, 3.05) is 24.9 Å². The Kier molecular flexibility index (Phi) is 7.14. The summed E-state index contributed by atoms with van der Waals surface area (Å²) in [5.74, 6) is 1.70. The van der Waals surface area contributed by atoms with Crippen LogP contribution in [0.2, 0.25) is 5.02 Å². The number of methoxy groups -OCH3 is 2. The highest BCUT2D eigenvalue weighted by molar-refractivity contribution is 6.30. The normalized spacial score (nSPS) is 14.4. The van der Waals surface area contributed by atoms with Crippen molar-refractivity contribution in [3.63, 3.8) is 0 Å². The lowest BCUT2D eigenvalue weighted by molar-refractivity contribution is -0.113. The molecule has 38 heavy (non-hydrogen) atoms. The minimum Gasteiger partial charge on any atom is -0.495 e. The molecule has 0 fully saturated rings. The van der Waals surface area contributed by atoms with Gasteiger partial charge in [0.05, 0.1) is 25.5 Å². The summed E-state index contributed by atoms with van der Waals surface area (Å²) in [7, 11) is 3.12. The third-order valence-electron chi connectivity index (χ3n) is 6.12. The van der Waals surface area contributed by atoms with E-state index < -0.39 is 6.04 Å². The first-order valence-electron chi connectivity index (χ1n) is 11.7. The molecule has 0 radical (unpaired) electrons. The fraction of sp³-hybridized carbons (Fsp3) is 0.185. The summed E-state index contributed by atoms with van der Waals surface area (Å²) in [4.78, 5) is 13.7. The van der Waals surface area contributed by atoms with Gasteiger partial charge in [0, 0.05) is 10.7 Å². The first-order chi connectivity index (χ1) is 18.5. The average Bonchev–Trinajstić information content (AvgIpc) is 3.40. The van der Waals surface area contributed by atoms with Gasteiger partial charge < -0.3 is 24.8 Å². The average molecular weight is 533 g/mol. The third-order valence-corrected chi connectivity index (χ3v) is 6.38. The first kappa shape index (κ1) is 25.1. The van der Waals surface area contributed by atoms with Crippen LogP contribution in [0.25, 0.3) is 0 Å². The Morgan fingerprint density at radius 2 is 1.79 bits per heavy atom. The maximum Gasteiger partial charge on any atom is 0.255 e. The second kappa shape index (κ2) is 10.8. The number of anilines is 2. The fourth-order valence-corrected chi connectivity index (χ4v) is 4.39. The Morgan fingerprint density at radius 1 is 1.03 bits per heavy atom. The number of tetrazole rings is 1. The van der Waals surface area contributed by atoms with Gasteiger partial charge in [-0.15, -0.1) is 0 Å². The molecular formula is C27H25ClN6O4. The first-order valence-corrected chi connectivity index (χ1v) is 12.1. The molecule has 0 aliphatic carbocycles. The van der Waals surface area contributed by atoms with E-state index in [0.717, 1.165) is 11.1 Å². The van der Waals surface area contributed by atoms with Crippen molar-refractivity contribution >= 4 is 29.1 Å². The van der Waals surface area contributed by atoms with Crippen LogP contribution in [-0.4, -0.2) is 40.3 Å². The molecule has 3 aromatic carbocycles. The van der Waals surface area contributed by atoms with Crippen molar-refractivity contribution in [3.8, 4) is 17.2 Å². The summed E-state index contributed by atoms with van der Waals surface area (Å²) in [6, 6.07) is 19.5. The topological polar surface area (TPSA) is 112 Å². The lowest BCUT2D eigenvalue weighted by Gasteiger charge is -2.28. The van der Waals surface area contributed by atoms with Crippen molar-refractivity contribution in [2.45, 2.75) is 19.6 Å². The van der Waals surface area contributed by atoms with Crippen molar-refractivity contribution in [1.29, 1.82) is 0 Å². The fourth-order valence-electron chi connectivity index (χ4n) is 4.27. The van der Waals surface area contributed by atoms with Crippen molar-refractivity contribution < 1.29 is 19.0 Å². The molecular weight excluding hydrogens is 508 g/mol. The maximum atomic E-state index is 13.7. The number of rotatable bonds is 8. The molecule has 1 aromatic heterocycles. The summed E-state index contributed by atoms with van der Waals surface area (Å²) in [6.45, 7) is 2.14. The van der Waals surface area contributed by atoms with Crippen LogP contribution in [0, 0.1) is 0 Å². The minimum atomic E-state index is -0.629. The Balaban J connectivity index is 1.47. The number of halogens is 1. The van der Waals surface area contributed by atoms with Crippen LogP contribution in [0.1, 0.15) is 24.1 Å². The largest absolute Gasteiger partial charge is 0.495 e. The molecule has 11 heteroatoms.